The number of nitrogen functional groups attached to an aromatic ring is 1. The van der Waals surface area contributed by atoms with Crippen LogP contribution < -0.4 is 11.1 Å². The average molecular weight is 226 g/mol. The molecule has 0 unspecified atom stereocenters. The number of alkyl halides is 3. The molecule has 5 nitrogen and oxygen atoms in total. The lowest BCUT2D eigenvalue weighted by molar-refractivity contribution is -0.123. The van der Waals surface area contributed by atoms with Crippen LogP contribution in [0.25, 0.3) is 0 Å². The average Bonchev–Trinajstić information content (AvgIpc) is 2.46. The predicted molar refractivity (Wildman–Crippen MR) is 42.7 cm³/mol. The van der Waals surface area contributed by atoms with E-state index in [4.69, 9.17) is 5.73 Å². The Bertz CT molecular complexity index is 336. The zero-order chi connectivity index (χ0) is 10.8. The Morgan fingerprint density at radius 1 is 1.50 bits per heavy atom. The normalized spacial score (nSPS) is 11.4. The van der Waals surface area contributed by atoms with Gasteiger partial charge in [0, 0.05) is 0 Å². The lowest BCUT2D eigenvalue weighted by Gasteiger charge is -2.05. The molecule has 0 aliphatic heterocycles. The number of halogens is 3. The molecule has 0 aromatic carbocycles. The van der Waals surface area contributed by atoms with Crippen LogP contribution in [0.15, 0.2) is 0 Å². The number of carbonyl (C=O) groups excluding carboxylic acids is 1. The van der Waals surface area contributed by atoms with Crippen LogP contribution in [0.4, 0.5) is 18.3 Å². The van der Waals surface area contributed by atoms with E-state index in [2.05, 4.69) is 10.2 Å². The van der Waals surface area contributed by atoms with Gasteiger partial charge in [-0.2, -0.15) is 13.2 Å². The molecule has 0 atom stereocenters. The van der Waals surface area contributed by atoms with Gasteiger partial charge in [-0.3, -0.25) is 4.79 Å². The van der Waals surface area contributed by atoms with Gasteiger partial charge in [0.25, 0.3) is 5.91 Å². The van der Waals surface area contributed by atoms with Crippen LogP contribution in [0.3, 0.4) is 0 Å². The third-order valence-electron chi connectivity index (χ3n) is 1.08. The first-order chi connectivity index (χ1) is 6.38. The first kappa shape index (κ1) is 10.7. The van der Waals surface area contributed by atoms with E-state index in [1.165, 1.54) is 0 Å². The molecular formula is C5H5F3N4OS. The van der Waals surface area contributed by atoms with Gasteiger partial charge in [-0.15, -0.1) is 10.2 Å². The Hall–Kier alpha value is -1.38. The lowest BCUT2D eigenvalue weighted by Crippen LogP contribution is -2.33. The number of amides is 1. The van der Waals surface area contributed by atoms with Crippen LogP contribution >= 0.6 is 11.3 Å². The van der Waals surface area contributed by atoms with E-state index >= 15 is 0 Å². The minimum absolute atomic E-state index is 0.0298. The molecule has 1 amide bonds. The fourth-order valence-electron chi connectivity index (χ4n) is 0.582. The molecule has 1 aromatic rings. The molecule has 0 radical (unpaired) electrons. The van der Waals surface area contributed by atoms with Crippen molar-refractivity contribution < 1.29 is 18.0 Å². The van der Waals surface area contributed by atoms with Gasteiger partial charge in [-0.25, -0.2) is 0 Å². The molecule has 0 saturated carbocycles. The molecule has 0 fully saturated rings. The molecule has 0 saturated heterocycles. The number of carbonyl (C=O) groups is 1. The maximum Gasteiger partial charge on any atom is 0.405 e. The first-order valence-corrected chi connectivity index (χ1v) is 4.14. The van der Waals surface area contributed by atoms with Crippen molar-refractivity contribution in [3.63, 3.8) is 0 Å². The fourth-order valence-corrected chi connectivity index (χ4v) is 1.11. The zero-order valence-corrected chi connectivity index (χ0v) is 7.45. The number of hydrogen-bond acceptors (Lipinski definition) is 5. The molecule has 1 heterocycles. The summed E-state index contributed by atoms with van der Waals surface area (Å²) >= 11 is 0.723. The highest BCUT2D eigenvalue weighted by atomic mass is 32.1. The monoisotopic (exact) mass is 226 g/mol. The molecular weight excluding hydrogens is 221 g/mol. The maximum absolute atomic E-state index is 11.7. The summed E-state index contributed by atoms with van der Waals surface area (Å²) in [5.41, 5.74) is 5.14. The van der Waals surface area contributed by atoms with Gasteiger partial charge in [0.1, 0.15) is 6.54 Å². The number of nitrogens with zero attached hydrogens (tertiary/aromatic N) is 2. The molecule has 0 aliphatic rings. The van der Waals surface area contributed by atoms with Crippen molar-refractivity contribution in [2.24, 2.45) is 0 Å². The highest BCUT2D eigenvalue weighted by Crippen LogP contribution is 2.14. The second-order valence-corrected chi connectivity index (χ2v) is 3.25. The smallest absolute Gasteiger partial charge is 0.374 e. The van der Waals surface area contributed by atoms with E-state index in [9.17, 15) is 18.0 Å². The van der Waals surface area contributed by atoms with E-state index < -0.39 is 18.6 Å². The second kappa shape index (κ2) is 3.78. The van der Waals surface area contributed by atoms with Crippen LogP contribution in [0.5, 0.6) is 0 Å². The number of rotatable bonds is 2. The van der Waals surface area contributed by atoms with Crippen molar-refractivity contribution in [2.75, 3.05) is 12.3 Å². The van der Waals surface area contributed by atoms with Crippen molar-refractivity contribution >= 4 is 22.4 Å². The summed E-state index contributed by atoms with van der Waals surface area (Å²) in [6.45, 7) is -1.40. The Morgan fingerprint density at radius 2 is 2.14 bits per heavy atom. The van der Waals surface area contributed by atoms with Gasteiger partial charge in [-0.05, 0) is 0 Å². The van der Waals surface area contributed by atoms with Crippen molar-refractivity contribution in [3.8, 4) is 0 Å². The third kappa shape index (κ3) is 3.17. The van der Waals surface area contributed by atoms with Crippen LogP contribution in [0.2, 0.25) is 0 Å². The summed E-state index contributed by atoms with van der Waals surface area (Å²) in [5.74, 6) is -0.934. The molecule has 14 heavy (non-hydrogen) atoms. The van der Waals surface area contributed by atoms with Crippen molar-refractivity contribution in [3.05, 3.63) is 5.01 Å². The van der Waals surface area contributed by atoms with Crippen molar-refractivity contribution in [1.29, 1.82) is 0 Å². The summed E-state index contributed by atoms with van der Waals surface area (Å²) in [7, 11) is 0. The summed E-state index contributed by atoms with van der Waals surface area (Å²) < 4.78 is 35.0. The lowest BCUT2D eigenvalue weighted by atomic mass is 10.5. The molecule has 78 valence electrons. The number of anilines is 1. The van der Waals surface area contributed by atoms with E-state index in [0.717, 1.165) is 11.3 Å². The minimum Gasteiger partial charge on any atom is -0.374 e. The van der Waals surface area contributed by atoms with Crippen molar-refractivity contribution in [1.82, 2.24) is 15.5 Å². The van der Waals surface area contributed by atoms with Gasteiger partial charge in [0.05, 0.1) is 0 Å². The number of aromatic nitrogens is 2. The summed E-state index contributed by atoms with van der Waals surface area (Å²) in [6.07, 6.45) is -4.44. The largest absolute Gasteiger partial charge is 0.405 e. The van der Waals surface area contributed by atoms with E-state index in [0.29, 0.717) is 0 Å². The van der Waals surface area contributed by atoms with E-state index in [1.807, 2.05) is 0 Å². The molecule has 9 heteroatoms. The van der Waals surface area contributed by atoms with Crippen molar-refractivity contribution in [2.45, 2.75) is 6.18 Å². The van der Waals surface area contributed by atoms with Gasteiger partial charge >= 0.3 is 6.18 Å². The summed E-state index contributed by atoms with van der Waals surface area (Å²) in [6, 6.07) is 0. The predicted octanol–water partition coefficient (Wildman–Crippen LogP) is 0.412. The van der Waals surface area contributed by atoms with Crippen LogP contribution in [0, 0.1) is 0 Å². The highest BCUT2D eigenvalue weighted by molar-refractivity contribution is 7.16. The minimum atomic E-state index is -4.44. The topological polar surface area (TPSA) is 80.9 Å². The fraction of sp³-hybridized carbons (Fsp3) is 0.400. The van der Waals surface area contributed by atoms with E-state index in [1.54, 1.807) is 5.32 Å². The quantitative estimate of drug-likeness (QED) is 0.765. The Morgan fingerprint density at radius 3 is 2.57 bits per heavy atom. The van der Waals surface area contributed by atoms with Gasteiger partial charge in [-0.1, -0.05) is 11.3 Å². The Labute approximate surface area is 80.1 Å². The van der Waals surface area contributed by atoms with Gasteiger partial charge in [0.15, 0.2) is 0 Å². The van der Waals surface area contributed by atoms with Crippen LogP contribution in [0.1, 0.15) is 9.80 Å². The van der Waals surface area contributed by atoms with Crippen LogP contribution in [-0.4, -0.2) is 28.8 Å². The van der Waals surface area contributed by atoms with Gasteiger partial charge < -0.3 is 11.1 Å². The molecule has 0 aliphatic carbocycles. The Kier molecular flexibility index (Phi) is 2.89. The molecule has 0 spiro atoms. The third-order valence-corrected chi connectivity index (χ3v) is 1.84. The number of nitrogens with one attached hydrogen (secondary N) is 1. The zero-order valence-electron chi connectivity index (χ0n) is 6.63. The standard InChI is InChI=1S/C5H5F3N4OS/c6-5(7,8)1-10-2(13)3-11-12-4(9)14-3/h1H2,(H2,9,12)(H,10,13). The first-order valence-electron chi connectivity index (χ1n) is 3.32. The highest BCUT2D eigenvalue weighted by Gasteiger charge is 2.28. The SMILES string of the molecule is Nc1nnc(C(=O)NCC(F)(F)F)s1. The molecule has 1 aromatic heterocycles. The molecule has 3 N–H and O–H groups in total. The Balaban J connectivity index is 2.52. The summed E-state index contributed by atoms with van der Waals surface area (Å²) in [5, 5.41) is 8.05. The van der Waals surface area contributed by atoms with Gasteiger partial charge in [0.2, 0.25) is 10.1 Å². The summed E-state index contributed by atoms with van der Waals surface area (Å²) in [4.78, 5) is 10.9. The molecule has 1 rings (SSSR count). The van der Waals surface area contributed by atoms with E-state index in [-0.39, 0.29) is 10.1 Å². The maximum atomic E-state index is 11.7. The number of nitrogens with two attached hydrogens (primary N) is 1. The number of hydrogen-bond donors (Lipinski definition) is 2. The second-order valence-electron chi connectivity index (χ2n) is 2.24. The van der Waals surface area contributed by atoms with Crippen LogP contribution in [-0.2, 0) is 0 Å². The molecule has 0 bridgehead atoms.